The minimum Gasteiger partial charge on any atom is -0.478 e. The minimum atomic E-state index is -0.885. The number of hydrogen-bond donors (Lipinski definition) is 3. The molecular formula is C23H31N5O2. The topological polar surface area (TPSA) is 84.5 Å². The molecule has 4 saturated carbocycles. The molecule has 1 aliphatic heterocycles. The number of fused-ring (bicyclic) bond motifs is 1. The number of nitrogens with one attached hydrogen (secondary N) is 2. The molecule has 5 fully saturated rings. The Kier molecular flexibility index (Phi) is 4.07. The van der Waals surface area contributed by atoms with E-state index in [9.17, 15) is 9.90 Å². The Morgan fingerprint density at radius 2 is 1.73 bits per heavy atom. The van der Waals surface area contributed by atoms with Gasteiger partial charge < -0.3 is 25.2 Å². The van der Waals surface area contributed by atoms with Crippen molar-refractivity contribution in [3.05, 3.63) is 17.7 Å². The molecule has 2 heterocycles. The second-order valence-corrected chi connectivity index (χ2v) is 10.4. The van der Waals surface area contributed by atoms with Gasteiger partial charge in [-0.2, -0.15) is 0 Å². The SMILES string of the molecule is CN1CCN(c2cc3[nH]c(NC45CC6CC(CC(C6)C4)C5)nc3cc2C(=O)O)CC1. The number of benzene rings is 1. The van der Waals surface area contributed by atoms with Crippen molar-refractivity contribution in [1.82, 2.24) is 14.9 Å². The van der Waals surface area contributed by atoms with Crippen LogP contribution >= 0.6 is 0 Å². The van der Waals surface area contributed by atoms with E-state index in [1.165, 1.54) is 38.5 Å². The predicted octanol–water partition coefficient (Wildman–Crippen LogP) is 3.39. The van der Waals surface area contributed by atoms with E-state index in [0.29, 0.717) is 5.56 Å². The van der Waals surface area contributed by atoms with Crippen LogP contribution < -0.4 is 10.2 Å². The molecule has 2 aromatic rings. The highest BCUT2D eigenvalue weighted by Gasteiger charge is 2.51. The average molecular weight is 410 g/mol. The number of piperazine rings is 1. The van der Waals surface area contributed by atoms with Crippen molar-refractivity contribution in [3.8, 4) is 0 Å². The van der Waals surface area contributed by atoms with Crippen LogP contribution in [0.4, 0.5) is 11.6 Å². The maximum atomic E-state index is 12.0. The van der Waals surface area contributed by atoms with E-state index in [-0.39, 0.29) is 5.54 Å². The molecule has 7 rings (SSSR count). The average Bonchev–Trinajstić information content (AvgIpc) is 3.06. The zero-order valence-corrected chi connectivity index (χ0v) is 17.7. The lowest BCUT2D eigenvalue weighted by Gasteiger charge is -2.56. The second kappa shape index (κ2) is 6.61. The Labute approximate surface area is 176 Å². The van der Waals surface area contributed by atoms with Gasteiger partial charge in [-0.05, 0) is 75.5 Å². The number of hydrogen-bond acceptors (Lipinski definition) is 5. The van der Waals surface area contributed by atoms with Gasteiger partial charge in [0.25, 0.3) is 0 Å². The molecule has 3 N–H and O–H groups in total. The highest BCUT2D eigenvalue weighted by Crippen LogP contribution is 2.56. The van der Waals surface area contributed by atoms with Crippen LogP contribution in [0.2, 0.25) is 0 Å². The monoisotopic (exact) mass is 409 g/mol. The maximum Gasteiger partial charge on any atom is 0.337 e. The van der Waals surface area contributed by atoms with Gasteiger partial charge in [-0.3, -0.25) is 0 Å². The first-order chi connectivity index (χ1) is 14.5. The quantitative estimate of drug-likeness (QED) is 0.718. The van der Waals surface area contributed by atoms with Gasteiger partial charge in [0.05, 0.1) is 22.3 Å². The van der Waals surface area contributed by atoms with E-state index >= 15 is 0 Å². The van der Waals surface area contributed by atoms with Gasteiger partial charge in [0.2, 0.25) is 5.95 Å². The standard InChI is InChI=1S/C23H31N5O2/c1-27-2-4-28(5-3-27)20-10-19-18(9-17(20)21(29)30)24-22(25-19)26-23-11-14-6-15(12-23)8-16(7-14)13-23/h9-10,14-16H,2-8,11-13H2,1H3,(H,29,30)(H2,24,25,26). The van der Waals surface area contributed by atoms with Crippen molar-refractivity contribution < 1.29 is 9.90 Å². The highest BCUT2D eigenvalue weighted by molar-refractivity contribution is 6.00. The van der Waals surface area contributed by atoms with Crippen LogP contribution in [-0.4, -0.2) is 64.7 Å². The zero-order valence-electron chi connectivity index (χ0n) is 17.7. The maximum absolute atomic E-state index is 12.0. The summed E-state index contributed by atoms with van der Waals surface area (Å²) in [4.78, 5) is 24.7. The summed E-state index contributed by atoms with van der Waals surface area (Å²) in [5.74, 6) is 2.53. The molecule has 0 unspecified atom stereocenters. The molecule has 4 bridgehead atoms. The number of aromatic carboxylic acids is 1. The number of carbonyl (C=O) groups is 1. The molecule has 0 atom stereocenters. The lowest BCUT2D eigenvalue weighted by Crippen LogP contribution is -2.54. The molecule has 4 aliphatic carbocycles. The van der Waals surface area contributed by atoms with Gasteiger partial charge in [-0.25, -0.2) is 9.78 Å². The minimum absolute atomic E-state index is 0.179. The van der Waals surface area contributed by atoms with Gasteiger partial charge in [0, 0.05) is 31.7 Å². The summed E-state index contributed by atoms with van der Waals surface area (Å²) in [6.45, 7) is 3.57. The number of carboxylic acid groups (broad SMARTS) is 1. The Morgan fingerprint density at radius 3 is 2.33 bits per heavy atom. The number of carboxylic acids is 1. The lowest BCUT2D eigenvalue weighted by atomic mass is 9.53. The number of aromatic nitrogens is 2. The Bertz CT molecular complexity index is 956. The third-order valence-electron chi connectivity index (χ3n) is 8.10. The van der Waals surface area contributed by atoms with Gasteiger partial charge in [-0.1, -0.05) is 0 Å². The fourth-order valence-corrected chi connectivity index (χ4v) is 7.10. The molecular weight excluding hydrogens is 378 g/mol. The van der Waals surface area contributed by atoms with Crippen LogP contribution in [0.15, 0.2) is 12.1 Å². The summed E-state index contributed by atoms with van der Waals surface area (Å²) in [5.41, 5.74) is 2.98. The molecule has 7 heteroatoms. The Hall–Kier alpha value is -2.28. The summed E-state index contributed by atoms with van der Waals surface area (Å²) < 4.78 is 0. The van der Waals surface area contributed by atoms with Crippen molar-refractivity contribution in [2.24, 2.45) is 17.8 Å². The molecule has 1 aromatic carbocycles. The summed E-state index contributed by atoms with van der Waals surface area (Å²) in [7, 11) is 2.11. The molecule has 7 nitrogen and oxygen atoms in total. The largest absolute Gasteiger partial charge is 0.478 e. The Morgan fingerprint density at radius 1 is 1.10 bits per heavy atom. The normalized spacial score (nSPS) is 33.4. The van der Waals surface area contributed by atoms with E-state index in [4.69, 9.17) is 4.98 Å². The molecule has 0 spiro atoms. The number of likely N-dealkylation sites (N-methyl/N-ethyl adjacent to an activating group) is 1. The molecule has 5 aliphatic rings. The van der Waals surface area contributed by atoms with Gasteiger partial charge in [0.15, 0.2) is 0 Å². The van der Waals surface area contributed by atoms with E-state index in [1.54, 1.807) is 6.07 Å². The molecule has 0 radical (unpaired) electrons. The van der Waals surface area contributed by atoms with Gasteiger partial charge in [-0.15, -0.1) is 0 Å². The van der Waals surface area contributed by atoms with Crippen LogP contribution in [0.3, 0.4) is 0 Å². The predicted molar refractivity (Wildman–Crippen MR) is 117 cm³/mol. The zero-order chi connectivity index (χ0) is 20.5. The number of H-pyrrole nitrogens is 1. The van der Waals surface area contributed by atoms with Crippen LogP contribution in [0.25, 0.3) is 11.0 Å². The number of rotatable bonds is 4. The van der Waals surface area contributed by atoms with Crippen molar-refractivity contribution >= 4 is 28.6 Å². The smallest absolute Gasteiger partial charge is 0.337 e. The van der Waals surface area contributed by atoms with E-state index < -0.39 is 5.97 Å². The first-order valence-corrected chi connectivity index (χ1v) is 11.5. The van der Waals surface area contributed by atoms with Crippen LogP contribution in [-0.2, 0) is 0 Å². The second-order valence-electron chi connectivity index (χ2n) is 10.4. The lowest BCUT2D eigenvalue weighted by molar-refractivity contribution is 0.0104. The first-order valence-electron chi connectivity index (χ1n) is 11.5. The van der Waals surface area contributed by atoms with Gasteiger partial charge in [0.1, 0.15) is 0 Å². The number of aromatic amines is 1. The third-order valence-corrected chi connectivity index (χ3v) is 8.10. The molecule has 1 aromatic heterocycles. The number of anilines is 2. The Balaban J connectivity index is 1.32. The third kappa shape index (κ3) is 3.06. The fourth-order valence-electron chi connectivity index (χ4n) is 7.10. The van der Waals surface area contributed by atoms with E-state index in [1.807, 2.05) is 6.07 Å². The number of imidazole rings is 1. The fraction of sp³-hybridized carbons (Fsp3) is 0.652. The van der Waals surface area contributed by atoms with Crippen LogP contribution in [0.5, 0.6) is 0 Å². The summed E-state index contributed by atoms with van der Waals surface area (Å²) >= 11 is 0. The van der Waals surface area contributed by atoms with E-state index in [0.717, 1.165) is 66.6 Å². The molecule has 0 amide bonds. The van der Waals surface area contributed by atoms with Gasteiger partial charge >= 0.3 is 5.97 Å². The van der Waals surface area contributed by atoms with Crippen LogP contribution in [0.1, 0.15) is 48.9 Å². The van der Waals surface area contributed by atoms with E-state index in [2.05, 4.69) is 27.1 Å². The first kappa shape index (κ1) is 18.5. The number of nitrogens with zero attached hydrogens (tertiary/aromatic N) is 3. The molecule has 30 heavy (non-hydrogen) atoms. The van der Waals surface area contributed by atoms with Crippen molar-refractivity contribution in [2.75, 3.05) is 43.4 Å². The molecule has 160 valence electrons. The van der Waals surface area contributed by atoms with Crippen LogP contribution in [0, 0.1) is 17.8 Å². The summed E-state index contributed by atoms with van der Waals surface area (Å²) in [5, 5.41) is 13.6. The molecule has 1 saturated heterocycles. The van der Waals surface area contributed by atoms with Crippen molar-refractivity contribution in [3.63, 3.8) is 0 Å². The summed E-state index contributed by atoms with van der Waals surface area (Å²) in [6, 6.07) is 3.73. The highest BCUT2D eigenvalue weighted by atomic mass is 16.4. The summed E-state index contributed by atoms with van der Waals surface area (Å²) in [6.07, 6.45) is 8.00. The van der Waals surface area contributed by atoms with Crippen molar-refractivity contribution in [2.45, 2.75) is 44.1 Å². The van der Waals surface area contributed by atoms with Crippen molar-refractivity contribution in [1.29, 1.82) is 0 Å².